The van der Waals surface area contributed by atoms with Crippen LogP contribution in [0.3, 0.4) is 0 Å². The van der Waals surface area contributed by atoms with Crippen molar-refractivity contribution < 1.29 is 0 Å². The number of rotatable bonds is 5. The Kier molecular flexibility index (Phi) is 6.15. The van der Waals surface area contributed by atoms with Gasteiger partial charge < -0.3 is 5.32 Å². The van der Waals surface area contributed by atoms with Crippen molar-refractivity contribution in [3.8, 4) is 0 Å². The molecule has 1 saturated carbocycles. The third-order valence-corrected chi connectivity index (χ3v) is 5.49. The maximum Gasteiger partial charge on any atom is 0.0224 e. The van der Waals surface area contributed by atoms with Gasteiger partial charge in [-0.05, 0) is 25.2 Å². The molecule has 0 spiro atoms. The molecule has 112 valence electrons. The van der Waals surface area contributed by atoms with Crippen LogP contribution in [0.25, 0.3) is 0 Å². The fourth-order valence-corrected chi connectivity index (χ4v) is 3.97. The first-order chi connectivity index (χ1) is 9.26. The predicted octanol–water partition coefficient (Wildman–Crippen LogP) is 3.81. The molecule has 0 bridgehead atoms. The van der Waals surface area contributed by atoms with Crippen LogP contribution in [0.5, 0.6) is 0 Å². The van der Waals surface area contributed by atoms with Gasteiger partial charge in [-0.1, -0.05) is 52.9 Å². The zero-order valence-corrected chi connectivity index (χ0v) is 13.3. The molecule has 19 heavy (non-hydrogen) atoms. The Morgan fingerprint density at radius 3 is 2.53 bits per heavy atom. The van der Waals surface area contributed by atoms with Gasteiger partial charge in [0.05, 0.1) is 0 Å². The zero-order valence-electron chi connectivity index (χ0n) is 13.3. The first-order valence-corrected chi connectivity index (χ1v) is 8.75. The summed E-state index contributed by atoms with van der Waals surface area (Å²) in [5.41, 5.74) is 0. The van der Waals surface area contributed by atoms with Crippen molar-refractivity contribution in [2.24, 2.45) is 5.92 Å². The van der Waals surface area contributed by atoms with Crippen molar-refractivity contribution in [1.29, 1.82) is 0 Å². The van der Waals surface area contributed by atoms with E-state index in [1.165, 1.54) is 64.5 Å². The van der Waals surface area contributed by atoms with Crippen LogP contribution in [0.2, 0.25) is 0 Å². The van der Waals surface area contributed by atoms with Crippen molar-refractivity contribution in [3.63, 3.8) is 0 Å². The van der Waals surface area contributed by atoms with E-state index >= 15 is 0 Å². The maximum atomic E-state index is 3.83. The number of piperazine rings is 1. The molecule has 1 heterocycles. The quantitative estimate of drug-likeness (QED) is 0.814. The molecule has 0 radical (unpaired) electrons. The standard InChI is InChI=1S/C17H34N2/c1-4-9-16-12-18-17(14(3)5-2)13-19(16)15-10-7-6-8-11-15/h14-18H,4-13H2,1-3H3. The van der Waals surface area contributed by atoms with Crippen molar-refractivity contribution >= 4 is 0 Å². The average Bonchev–Trinajstić information content (AvgIpc) is 2.48. The van der Waals surface area contributed by atoms with Gasteiger partial charge in [0.25, 0.3) is 0 Å². The minimum Gasteiger partial charge on any atom is -0.311 e. The van der Waals surface area contributed by atoms with Gasteiger partial charge in [-0.15, -0.1) is 0 Å². The van der Waals surface area contributed by atoms with Crippen LogP contribution in [0.4, 0.5) is 0 Å². The van der Waals surface area contributed by atoms with Gasteiger partial charge in [0, 0.05) is 31.2 Å². The van der Waals surface area contributed by atoms with Crippen molar-refractivity contribution in [2.75, 3.05) is 13.1 Å². The van der Waals surface area contributed by atoms with Gasteiger partial charge in [0.2, 0.25) is 0 Å². The molecule has 2 aliphatic rings. The second-order valence-electron chi connectivity index (χ2n) is 6.83. The Bertz CT molecular complexity index is 243. The third kappa shape index (κ3) is 3.95. The van der Waals surface area contributed by atoms with Crippen molar-refractivity contribution in [3.05, 3.63) is 0 Å². The van der Waals surface area contributed by atoms with E-state index < -0.39 is 0 Å². The highest BCUT2D eigenvalue weighted by Crippen LogP contribution is 2.28. The van der Waals surface area contributed by atoms with E-state index in [-0.39, 0.29) is 0 Å². The van der Waals surface area contributed by atoms with E-state index in [4.69, 9.17) is 0 Å². The summed E-state index contributed by atoms with van der Waals surface area (Å²) in [6, 6.07) is 2.41. The summed E-state index contributed by atoms with van der Waals surface area (Å²) in [4.78, 5) is 2.90. The first-order valence-electron chi connectivity index (χ1n) is 8.75. The van der Waals surface area contributed by atoms with E-state index in [2.05, 4.69) is 31.0 Å². The van der Waals surface area contributed by atoms with Crippen LogP contribution in [0.1, 0.15) is 72.1 Å². The smallest absolute Gasteiger partial charge is 0.0224 e. The Morgan fingerprint density at radius 2 is 1.89 bits per heavy atom. The van der Waals surface area contributed by atoms with E-state index in [1.807, 2.05) is 0 Å². The molecular weight excluding hydrogens is 232 g/mol. The van der Waals surface area contributed by atoms with Crippen LogP contribution in [-0.4, -0.2) is 36.1 Å². The lowest BCUT2D eigenvalue weighted by Crippen LogP contribution is -2.61. The lowest BCUT2D eigenvalue weighted by molar-refractivity contribution is 0.0450. The van der Waals surface area contributed by atoms with E-state index in [9.17, 15) is 0 Å². The summed E-state index contributed by atoms with van der Waals surface area (Å²) >= 11 is 0. The van der Waals surface area contributed by atoms with Crippen LogP contribution < -0.4 is 5.32 Å². The summed E-state index contributed by atoms with van der Waals surface area (Å²) < 4.78 is 0. The lowest BCUT2D eigenvalue weighted by atomic mass is 9.88. The van der Waals surface area contributed by atoms with Gasteiger partial charge in [-0.3, -0.25) is 4.90 Å². The number of hydrogen-bond acceptors (Lipinski definition) is 2. The van der Waals surface area contributed by atoms with Crippen LogP contribution in [-0.2, 0) is 0 Å². The Labute approximate surface area is 120 Å². The molecule has 1 saturated heterocycles. The van der Waals surface area contributed by atoms with Crippen molar-refractivity contribution in [1.82, 2.24) is 10.2 Å². The maximum absolute atomic E-state index is 3.83. The third-order valence-electron chi connectivity index (χ3n) is 5.49. The normalized spacial score (nSPS) is 32.4. The number of nitrogens with zero attached hydrogens (tertiary/aromatic N) is 1. The largest absolute Gasteiger partial charge is 0.311 e. The van der Waals surface area contributed by atoms with E-state index in [0.717, 1.165) is 24.0 Å². The predicted molar refractivity (Wildman–Crippen MR) is 83.5 cm³/mol. The van der Waals surface area contributed by atoms with Crippen LogP contribution >= 0.6 is 0 Å². The molecule has 2 nitrogen and oxygen atoms in total. The lowest BCUT2D eigenvalue weighted by Gasteiger charge is -2.47. The highest BCUT2D eigenvalue weighted by Gasteiger charge is 2.34. The van der Waals surface area contributed by atoms with E-state index in [0.29, 0.717) is 0 Å². The molecule has 3 atom stereocenters. The Hall–Kier alpha value is -0.0800. The minimum atomic E-state index is 0.722. The molecular formula is C17H34N2. The SMILES string of the molecule is CCCC1CNC(C(C)CC)CN1C1CCCCC1. The Balaban J connectivity index is 1.99. The average molecular weight is 266 g/mol. The molecule has 0 aromatic rings. The van der Waals surface area contributed by atoms with E-state index in [1.54, 1.807) is 0 Å². The fraction of sp³-hybridized carbons (Fsp3) is 1.00. The van der Waals surface area contributed by atoms with Gasteiger partial charge in [0.1, 0.15) is 0 Å². The molecule has 1 aliphatic carbocycles. The second kappa shape index (κ2) is 7.64. The molecule has 1 N–H and O–H groups in total. The summed E-state index contributed by atoms with van der Waals surface area (Å²) in [6.07, 6.45) is 11.3. The second-order valence-corrected chi connectivity index (χ2v) is 6.83. The molecule has 0 amide bonds. The summed E-state index contributed by atoms with van der Waals surface area (Å²) in [6.45, 7) is 9.59. The van der Waals surface area contributed by atoms with Crippen molar-refractivity contribution in [2.45, 2.75) is 90.3 Å². The number of hydrogen-bond donors (Lipinski definition) is 1. The summed E-state index contributed by atoms with van der Waals surface area (Å²) in [5, 5.41) is 3.83. The molecule has 0 aromatic carbocycles. The molecule has 0 aromatic heterocycles. The zero-order chi connectivity index (χ0) is 13.7. The topological polar surface area (TPSA) is 15.3 Å². The van der Waals surface area contributed by atoms with Crippen LogP contribution in [0.15, 0.2) is 0 Å². The minimum absolute atomic E-state index is 0.722. The molecule has 1 aliphatic heterocycles. The van der Waals surface area contributed by atoms with Gasteiger partial charge in [-0.2, -0.15) is 0 Å². The van der Waals surface area contributed by atoms with Gasteiger partial charge in [0.15, 0.2) is 0 Å². The monoisotopic (exact) mass is 266 g/mol. The molecule has 3 unspecified atom stereocenters. The highest BCUT2D eigenvalue weighted by molar-refractivity contribution is 4.92. The molecule has 2 fully saturated rings. The fourth-order valence-electron chi connectivity index (χ4n) is 3.97. The van der Waals surface area contributed by atoms with Gasteiger partial charge >= 0.3 is 0 Å². The van der Waals surface area contributed by atoms with Crippen LogP contribution in [0, 0.1) is 5.92 Å². The molecule has 2 heteroatoms. The first kappa shape index (κ1) is 15.3. The summed E-state index contributed by atoms with van der Waals surface area (Å²) in [7, 11) is 0. The number of nitrogens with one attached hydrogen (secondary N) is 1. The Morgan fingerprint density at radius 1 is 1.16 bits per heavy atom. The molecule has 2 rings (SSSR count). The highest BCUT2D eigenvalue weighted by atomic mass is 15.3. The summed E-state index contributed by atoms with van der Waals surface area (Å²) in [5.74, 6) is 0.814. The van der Waals surface area contributed by atoms with Gasteiger partial charge in [-0.25, -0.2) is 0 Å².